The number of hydrogen-bond donors (Lipinski definition) is 2. The SMILES string of the molecule is CCCCCCCCOC1(C(=O)O)CCCCC1(OCCCCCCCC)C(=O)O. The van der Waals surface area contributed by atoms with Crippen molar-refractivity contribution in [3.63, 3.8) is 0 Å². The van der Waals surface area contributed by atoms with Crippen LogP contribution in [0.1, 0.15) is 117 Å². The van der Waals surface area contributed by atoms with Crippen LogP contribution >= 0.6 is 0 Å². The van der Waals surface area contributed by atoms with Crippen LogP contribution in [0.2, 0.25) is 0 Å². The quantitative estimate of drug-likeness (QED) is 0.262. The van der Waals surface area contributed by atoms with Crippen LogP contribution in [-0.4, -0.2) is 46.6 Å². The van der Waals surface area contributed by atoms with E-state index in [0.29, 0.717) is 12.8 Å². The Morgan fingerprint density at radius 3 is 1.30 bits per heavy atom. The molecule has 0 aromatic rings. The van der Waals surface area contributed by atoms with Crippen molar-refractivity contribution in [3.05, 3.63) is 0 Å². The molecule has 0 saturated heterocycles. The molecule has 1 saturated carbocycles. The van der Waals surface area contributed by atoms with E-state index in [0.717, 1.165) is 38.5 Å². The molecular weight excluding hydrogens is 384 g/mol. The van der Waals surface area contributed by atoms with Gasteiger partial charge in [-0.1, -0.05) is 78.1 Å². The highest BCUT2D eigenvalue weighted by atomic mass is 16.6. The van der Waals surface area contributed by atoms with Gasteiger partial charge in [-0.3, -0.25) is 0 Å². The van der Waals surface area contributed by atoms with Crippen molar-refractivity contribution >= 4 is 11.9 Å². The second-order valence-electron chi connectivity index (χ2n) is 8.70. The molecule has 0 aliphatic heterocycles. The Kier molecular flexibility index (Phi) is 13.3. The summed E-state index contributed by atoms with van der Waals surface area (Å²) in [6.07, 6.45) is 14.3. The summed E-state index contributed by atoms with van der Waals surface area (Å²) >= 11 is 0. The van der Waals surface area contributed by atoms with Gasteiger partial charge < -0.3 is 19.7 Å². The van der Waals surface area contributed by atoms with Crippen LogP contribution in [0.15, 0.2) is 0 Å². The molecule has 0 radical (unpaired) electrons. The molecule has 6 heteroatoms. The Bertz CT molecular complexity index is 450. The summed E-state index contributed by atoms with van der Waals surface area (Å²) < 4.78 is 11.8. The van der Waals surface area contributed by atoms with Crippen LogP contribution in [0.4, 0.5) is 0 Å². The first-order chi connectivity index (χ1) is 14.5. The molecule has 0 heterocycles. The van der Waals surface area contributed by atoms with Gasteiger partial charge in [0.1, 0.15) is 0 Å². The molecule has 1 aliphatic carbocycles. The molecule has 1 fully saturated rings. The third kappa shape index (κ3) is 7.52. The topological polar surface area (TPSA) is 93.1 Å². The van der Waals surface area contributed by atoms with Gasteiger partial charge >= 0.3 is 11.9 Å². The largest absolute Gasteiger partial charge is 0.479 e. The maximum atomic E-state index is 12.3. The minimum Gasteiger partial charge on any atom is -0.479 e. The van der Waals surface area contributed by atoms with Crippen LogP contribution in [0.3, 0.4) is 0 Å². The fraction of sp³-hybridized carbons (Fsp3) is 0.917. The Balaban J connectivity index is 2.73. The highest BCUT2D eigenvalue weighted by Crippen LogP contribution is 2.44. The fourth-order valence-corrected chi connectivity index (χ4v) is 4.47. The first-order valence-electron chi connectivity index (χ1n) is 12.2. The van der Waals surface area contributed by atoms with Crippen molar-refractivity contribution in [2.24, 2.45) is 0 Å². The first kappa shape index (κ1) is 26.9. The lowest BCUT2D eigenvalue weighted by Gasteiger charge is -2.47. The third-order valence-electron chi connectivity index (χ3n) is 6.34. The van der Waals surface area contributed by atoms with Crippen LogP contribution < -0.4 is 0 Å². The fourth-order valence-electron chi connectivity index (χ4n) is 4.47. The summed E-state index contributed by atoms with van der Waals surface area (Å²) in [5.41, 5.74) is -3.61. The molecule has 0 aromatic carbocycles. The average Bonchev–Trinajstić information content (AvgIpc) is 2.73. The minimum atomic E-state index is -1.80. The maximum absolute atomic E-state index is 12.3. The van der Waals surface area contributed by atoms with Crippen molar-refractivity contribution in [1.29, 1.82) is 0 Å². The maximum Gasteiger partial charge on any atom is 0.339 e. The molecule has 30 heavy (non-hydrogen) atoms. The zero-order chi connectivity index (χ0) is 22.3. The summed E-state index contributed by atoms with van der Waals surface area (Å²) in [4.78, 5) is 24.7. The predicted octanol–water partition coefficient (Wildman–Crippen LogP) is 5.96. The Labute approximate surface area is 182 Å². The van der Waals surface area contributed by atoms with E-state index >= 15 is 0 Å². The molecule has 0 amide bonds. The molecule has 0 spiro atoms. The smallest absolute Gasteiger partial charge is 0.339 e. The first-order valence-corrected chi connectivity index (χ1v) is 12.2. The number of rotatable bonds is 18. The molecular formula is C24H44O6. The van der Waals surface area contributed by atoms with E-state index in [1.165, 1.54) is 38.5 Å². The van der Waals surface area contributed by atoms with Gasteiger partial charge in [-0.15, -0.1) is 0 Å². The number of hydrogen-bond acceptors (Lipinski definition) is 4. The Morgan fingerprint density at radius 1 is 0.633 bits per heavy atom. The average molecular weight is 429 g/mol. The second kappa shape index (κ2) is 14.8. The zero-order valence-electron chi connectivity index (χ0n) is 19.3. The van der Waals surface area contributed by atoms with E-state index in [4.69, 9.17) is 9.47 Å². The van der Waals surface area contributed by atoms with Crippen molar-refractivity contribution in [3.8, 4) is 0 Å². The number of carbonyl (C=O) groups is 2. The molecule has 0 aromatic heterocycles. The lowest BCUT2D eigenvalue weighted by Crippen LogP contribution is -2.68. The second-order valence-corrected chi connectivity index (χ2v) is 8.70. The van der Waals surface area contributed by atoms with Crippen molar-refractivity contribution in [2.45, 2.75) is 128 Å². The van der Waals surface area contributed by atoms with E-state index < -0.39 is 23.1 Å². The number of aliphatic carboxylic acids is 2. The predicted molar refractivity (Wildman–Crippen MR) is 118 cm³/mol. The van der Waals surface area contributed by atoms with Gasteiger partial charge in [0.25, 0.3) is 0 Å². The van der Waals surface area contributed by atoms with Gasteiger partial charge in [0.2, 0.25) is 11.2 Å². The minimum absolute atomic E-state index is 0.182. The molecule has 176 valence electrons. The summed E-state index contributed by atoms with van der Waals surface area (Å²) in [5, 5.41) is 20.2. The van der Waals surface area contributed by atoms with Gasteiger partial charge in [-0.25, -0.2) is 9.59 Å². The number of carboxylic acid groups (broad SMARTS) is 2. The van der Waals surface area contributed by atoms with E-state index in [-0.39, 0.29) is 26.1 Å². The van der Waals surface area contributed by atoms with E-state index in [1.807, 2.05) is 0 Å². The summed E-state index contributed by atoms with van der Waals surface area (Å²) in [7, 11) is 0. The highest BCUT2D eigenvalue weighted by molar-refractivity contribution is 5.91. The molecule has 1 rings (SSSR count). The van der Waals surface area contributed by atoms with Gasteiger partial charge in [0, 0.05) is 13.2 Å². The van der Waals surface area contributed by atoms with E-state index in [1.54, 1.807) is 0 Å². The van der Waals surface area contributed by atoms with Crippen LogP contribution in [0, 0.1) is 0 Å². The third-order valence-corrected chi connectivity index (χ3v) is 6.34. The van der Waals surface area contributed by atoms with Crippen LogP contribution in [0.5, 0.6) is 0 Å². The van der Waals surface area contributed by atoms with Crippen molar-refractivity contribution in [2.75, 3.05) is 13.2 Å². The highest BCUT2D eigenvalue weighted by Gasteiger charge is 2.65. The summed E-state index contributed by atoms with van der Waals surface area (Å²) in [6, 6.07) is 0. The molecule has 0 bridgehead atoms. The van der Waals surface area contributed by atoms with Crippen molar-refractivity contribution < 1.29 is 29.3 Å². The summed E-state index contributed by atoms with van der Waals surface area (Å²) in [6.45, 7) is 4.85. The lowest BCUT2D eigenvalue weighted by atomic mass is 9.71. The monoisotopic (exact) mass is 428 g/mol. The van der Waals surface area contributed by atoms with Gasteiger partial charge in [-0.2, -0.15) is 0 Å². The van der Waals surface area contributed by atoms with Crippen molar-refractivity contribution in [1.82, 2.24) is 0 Å². The normalized spacial score (nSPS) is 24.1. The number of ether oxygens (including phenoxy) is 2. The van der Waals surface area contributed by atoms with Gasteiger partial charge in [0.05, 0.1) is 0 Å². The van der Waals surface area contributed by atoms with Crippen LogP contribution in [-0.2, 0) is 19.1 Å². The molecule has 6 nitrogen and oxygen atoms in total. The summed E-state index contributed by atoms with van der Waals surface area (Å²) in [5.74, 6) is -2.42. The molecule has 1 aliphatic rings. The lowest BCUT2D eigenvalue weighted by molar-refractivity contribution is -0.241. The van der Waals surface area contributed by atoms with Gasteiger partial charge in [0.15, 0.2) is 0 Å². The molecule has 2 unspecified atom stereocenters. The molecule has 2 N–H and O–H groups in total. The number of unbranched alkanes of at least 4 members (excludes halogenated alkanes) is 10. The Hall–Kier alpha value is -1.14. The van der Waals surface area contributed by atoms with E-state index in [2.05, 4.69) is 13.8 Å². The number of carboxylic acids is 2. The Morgan fingerprint density at radius 2 is 0.967 bits per heavy atom. The van der Waals surface area contributed by atoms with Crippen LogP contribution in [0.25, 0.3) is 0 Å². The van der Waals surface area contributed by atoms with Gasteiger partial charge in [-0.05, 0) is 38.5 Å². The zero-order valence-corrected chi connectivity index (χ0v) is 19.3. The molecule has 2 atom stereocenters. The van der Waals surface area contributed by atoms with E-state index in [9.17, 15) is 19.8 Å². The standard InChI is InChI=1S/C24H44O6/c1-3-5-7-9-11-15-19-29-23(21(25)26)17-13-14-18-24(23,22(27)28)30-20-16-12-10-8-6-4-2/h3-20H2,1-2H3,(H,25,26)(H,27,28).